The van der Waals surface area contributed by atoms with E-state index in [0.29, 0.717) is 0 Å². The summed E-state index contributed by atoms with van der Waals surface area (Å²) in [4.78, 5) is 7.21. The number of aryl methyl sites for hydroxylation is 2. The van der Waals surface area contributed by atoms with Gasteiger partial charge in [0.15, 0.2) is 0 Å². The Morgan fingerprint density at radius 3 is 2.81 bits per heavy atom. The molecule has 0 atom stereocenters. The highest BCUT2D eigenvalue weighted by atomic mass is 15.2. The molecule has 21 heavy (non-hydrogen) atoms. The van der Waals surface area contributed by atoms with Crippen LogP contribution in [0.15, 0.2) is 18.2 Å². The largest absolute Gasteiger partial charge is 0.330 e. The third-order valence-corrected chi connectivity index (χ3v) is 3.87. The Bertz CT molecular complexity index is 573. The summed E-state index contributed by atoms with van der Waals surface area (Å²) in [5.41, 5.74) is 9.28. The molecule has 2 rings (SSSR count). The van der Waals surface area contributed by atoms with Gasteiger partial charge in [0.25, 0.3) is 0 Å². The molecule has 1 aromatic heterocycles. The monoisotopic (exact) mass is 288 g/mol. The fourth-order valence-corrected chi connectivity index (χ4v) is 2.66. The molecule has 1 heterocycles. The second-order valence-electron chi connectivity index (χ2n) is 5.91. The van der Waals surface area contributed by atoms with E-state index >= 15 is 0 Å². The van der Waals surface area contributed by atoms with E-state index < -0.39 is 0 Å². The summed E-state index contributed by atoms with van der Waals surface area (Å²) in [7, 11) is 2.17. The average molecular weight is 288 g/mol. The van der Waals surface area contributed by atoms with Gasteiger partial charge in [0.2, 0.25) is 0 Å². The molecule has 0 saturated heterocycles. The number of imidazole rings is 1. The first-order valence-corrected chi connectivity index (χ1v) is 8.00. The second kappa shape index (κ2) is 7.57. The molecule has 4 nitrogen and oxygen atoms in total. The van der Waals surface area contributed by atoms with Crippen LogP contribution in [0.3, 0.4) is 0 Å². The number of fused-ring (bicyclic) bond motifs is 1. The molecular weight excluding hydrogens is 260 g/mol. The molecule has 0 bridgehead atoms. The van der Waals surface area contributed by atoms with Crippen molar-refractivity contribution in [3.05, 3.63) is 29.6 Å². The van der Waals surface area contributed by atoms with E-state index in [2.05, 4.69) is 48.6 Å². The minimum Gasteiger partial charge on any atom is -0.330 e. The summed E-state index contributed by atoms with van der Waals surface area (Å²) in [5.74, 6) is 1.16. The van der Waals surface area contributed by atoms with Crippen molar-refractivity contribution in [1.82, 2.24) is 14.5 Å². The third kappa shape index (κ3) is 4.05. The highest BCUT2D eigenvalue weighted by Crippen LogP contribution is 2.19. The lowest BCUT2D eigenvalue weighted by atomic mass is 10.2. The highest BCUT2D eigenvalue weighted by molar-refractivity contribution is 5.76. The summed E-state index contributed by atoms with van der Waals surface area (Å²) >= 11 is 0. The molecule has 0 aliphatic rings. The number of unbranched alkanes of at least 4 members (excludes halogenated alkanes) is 1. The van der Waals surface area contributed by atoms with Crippen LogP contribution in [-0.2, 0) is 13.1 Å². The molecule has 0 radical (unpaired) electrons. The van der Waals surface area contributed by atoms with Crippen LogP contribution in [0.1, 0.15) is 37.6 Å². The number of aromatic nitrogens is 2. The molecule has 2 N–H and O–H groups in total. The van der Waals surface area contributed by atoms with Gasteiger partial charge >= 0.3 is 0 Å². The zero-order valence-electron chi connectivity index (χ0n) is 13.6. The SMILES string of the molecule is CCCCN(C)Cc1nc2cc(C)ccc2n1CCCN. The van der Waals surface area contributed by atoms with Gasteiger partial charge in [-0.05, 0) is 57.6 Å². The van der Waals surface area contributed by atoms with Gasteiger partial charge in [-0.25, -0.2) is 4.98 Å². The van der Waals surface area contributed by atoms with Crippen molar-refractivity contribution in [2.24, 2.45) is 5.73 Å². The first-order valence-electron chi connectivity index (χ1n) is 8.00. The lowest BCUT2D eigenvalue weighted by molar-refractivity contribution is 0.307. The highest BCUT2D eigenvalue weighted by Gasteiger charge is 2.12. The summed E-state index contributed by atoms with van der Waals surface area (Å²) in [6.45, 7) is 8.04. The predicted molar refractivity (Wildman–Crippen MR) is 89.4 cm³/mol. The molecule has 116 valence electrons. The normalized spacial score (nSPS) is 11.7. The summed E-state index contributed by atoms with van der Waals surface area (Å²) < 4.78 is 2.34. The lowest BCUT2D eigenvalue weighted by Gasteiger charge is -2.17. The molecule has 0 saturated carbocycles. The molecule has 1 aromatic carbocycles. The van der Waals surface area contributed by atoms with Gasteiger partial charge in [0.1, 0.15) is 5.82 Å². The minimum atomic E-state index is 0.719. The van der Waals surface area contributed by atoms with Crippen LogP contribution in [0.2, 0.25) is 0 Å². The Balaban J connectivity index is 2.27. The van der Waals surface area contributed by atoms with E-state index in [1.54, 1.807) is 0 Å². The van der Waals surface area contributed by atoms with Crippen LogP contribution in [0.5, 0.6) is 0 Å². The fraction of sp³-hybridized carbons (Fsp3) is 0.588. The maximum absolute atomic E-state index is 5.69. The summed E-state index contributed by atoms with van der Waals surface area (Å²) in [5, 5.41) is 0. The molecular formula is C17H28N4. The van der Waals surface area contributed by atoms with Gasteiger partial charge in [-0.1, -0.05) is 19.4 Å². The van der Waals surface area contributed by atoms with E-state index in [9.17, 15) is 0 Å². The van der Waals surface area contributed by atoms with Gasteiger partial charge in [-0.3, -0.25) is 4.90 Å². The number of nitrogens with two attached hydrogens (primary N) is 1. The Kier molecular flexibility index (Phi) is 5.76. The second-order valence-corrected chi connectivity index (χ2v) is 5.91. The van der Waals surface area contributed by atoms with Crippen LogP contribution in [0.25, 0.3) is 11.0 Å². The van der Waals surface area contributed by atoms with E-state index in [-0.39, 0.29) is 0 Å². The lowest BCUT2D eigenvalue weighted by Crippen LogP contribution is -2.22. The van der Waals surface area contributed by atoms with Crippen molar-refractivity contribution in [3.63, 3.8) is 0 Å². The first kappa shape index (κ1) is 16.0. The smallest absolute Gasteiger partial charge is 0.124 e. The summed E-state index contributed by atoms with van der Waals surface area (Å²) in [6, 6.07) is 6.51. The predicted octanol–water partition coefficient (Wildman–Crippen LogP) is 2.93. The van der Waals surface area contributed by atoms with E-state index in [4.69, 9.17) is 10.7 Å². The van der Waals surface area contributed by atoms with Crippen molar-refractivity contribution >= 4 is 11.0 Å². The Hall–Kier alpha value is -1.39. The van der Waals surface area contributed by atoms with Crippen LogP contribution in [-0.4, -0.2) is 34.6 Å². The van der Waals surface area contributed by atoms with Gasteiger partial charge in [-0.2, -0.15) is 0 Å². The van der Waals surface area contributed by atoms with E-state index in [1.807, 2.05) is 0 Å². The van der Waals surface area contributed by atoms with Gasteiger partial charge in [0.05, 0.1) is 17.6 Å². The van der Waals surface area contributed by atoms with Crippen molar-refractivity contribution in [1.29, 1.82) is 0 Å². The van der Waals surface area contributed by atoms with Crippen molar-refractivity contribution in [3.8, 4) is 0 Å². The Morgan fingerprint density at radius 1 is 1.29 bits per heavy atom. The van der Waals surface area contributed by atoms with Crippen molar-refractivity contribution < 1.29 is 0 Å². The molecule has 0 aliphatic carbocycles. The quantitative estimate of drug-likeness (QED) is 0.812. The average Bonchev–Trinajstić information content (AvgIpc) is 2.79. The number of benzene rings is 1. The molecule has 2 aromatic rings. The number of nitrogens with zero attached hydrogens (tertiary/aromatic N) is 3. The molecule has 0 amide bonds. The van der Waals surface area contributed by atoms with Crippen LogP contribution < -0.4 is 5.73 Å². The van der Waals surface area contributed by atoms with E-state index in [0.717, 1.165) is 43.9 Å². The standard InChI is InChI=1S/C17H28N4/c1-4-5-10-20(3)13-17-19-15-12-14(2)7-8-16(15)21(17)11-6-9-18/h7-8,12H,4-6,9-11,13,18H2,1-3H3. The zero-order valence-corrected chi connectivity index (χ0v) is 13.6. The number of hydrogen-bond acceptors (Lipinski definition) is 3. The zero-order chi connectivity index (χ0) is 15.2. The van der Waals surface area contributed by atoms with Crippen LogP contribution in [0.4, 0.5) is 0 Å². The molecule has 0 spiro atoms. The Labute approximate surface area is 128 Å². The van der Waals surface area contributed by atoms with Gasteiger partial charge < -0.3 is 10.3 Å². The van der Waals surface area contributed by atoms with Gasteiger partial charge in [-0.15, -0.1) is 0 Å². The number of rotatable bonds is 8. The van der Waals surface area contributed by atoms with Crippen LogP contribution in [0, 0.1) is 6.92 Å². The van der Waals surface area contributed by atoms with Crippen molar-refractivity contribution in [2.75, 3.05) is 20.1 Å². The topological polar surface area (TPSA) is 47.1 Å². The number of hydrogen-bond donors (Lipinski definition) is 1. The fourth-order valence-electron chi connectivity index (χ4n) is 2.66. The maximum Gasteiger partial charge on any atom is 0.124 e. The van der Waals surface area contributed by atoms with Crippen molar-refractivity contribution in [2.45, 2.75) is 46.2 Å². The summed E-state index contributed by atoms with van der Waals surface area (Å²) in [6.07, 6.45) is 3.46. The third-order valence-electron chi connectivity index (χ3n) is 3.87. The minimum absolute atomic E-state index is 0.719. The maximum atomic E-state index is 5.69. The molecule has 0 aliphatic heterocycles. The Morgan fingerprint density at radius 2 is 2.10 bits per heavy atom. The van der Waals surface area contributed by atoms with Crippen LogP contribution >= 0.6 is 0 Å². The first-order chi connectivity index (χ1) is 10.2. The molecule has 4 heteroatoms. The molecule has 0 fully saturated rings. The van der Waals surface area contributed by atoms with E-state index in [1.165, 1.54) is 23.9 Å². The van der Waals surface area contributed by atoms with Gasteiger partial charge in [0, 0.05) is 6.54 Å². The molecule has 0 unspecified atom stereocenters.